The molecule has 0 spiro atoms. The van der Waals surface area contributed by atoms with E-state index in [0.29, 0.717) is 4.90 Å². The van der Waals surface area contributed by atoms with Crippen LogP contribution >= 0.6 is 11.6 Å². The molecule has 3 nitrogen and oxygen atoms in total. The number of nitrogens with one attached hydrogen (secondary N) is 1. The van der Waals surface area contributed by atoms with E-state index in [4.69, 9.17) is 11.6 Å². The lowest BCUT2D eigenvalue weighted by molar-refractivity contribution is 0.480. The van der Waals surface area contributed by atoms with Crippen LogP contribution in [0.1, 0.15) is 31.4 Å². The molecule has 0 bridgehead atoms. The summed E-state index contributed by atoms with van der Waals surface area (Å²) in [6.07, 6.45) is 3.14. The molecule has 1 aliphatic rings. The van der Waals surface area contributed by atoms with Crippen LogP contribution in [0.4, 0.5) is 0 Å². The molecule has 0 radical (unpaired) electrons. The predicted molar refractivity (Wildman–Crippen MR) is 78.1 cm³/mol. The van der Waals surface area contributed by atoms with Crippen molar-refractivity contribution in [3.63, 3.8) is 0 Å². The second-order valence-electron chi connectivity index (χ2n) is 5.41. The standard InChI is InChI=1S/C14H20ClNO2S/c1-10(2)14(9-15)16-19(17,18)13-7-6-11-4-3-5-12(11)8-13/h6-8,10,14,16H,3-5,9H2,1-2H3. The number of rotatable bonds is 5. The molecule has 1 aliphatic carbocycles. The quantitative estimate of drug-likeness (QED) is 0.850. The predicted octanol–water partition coefficient (Wildman–Crippen LogP) is 2.72. The Morgan fingerprint density at radius 1 is 1.26 bits per heavy atom. The molecule has 106 valence electrons. The van der Waals surface area contributed by atoms with Gasteiger partial charge in [-0.2, -0.15) is 0 Å². The van der Waals surface area contributed by atoms with Gasteiger partial charge in [0, 0.05) is 11.9 Å². The number of benzene rings is 1. The minimum Gasteiger partial charge on any atom is -0.207 e. The normalized spacial score (nSPS) is 16.6. The summed E-state index contributed by atoms with van der Waals surface area (Å²) in [6, 6.07) is 5.19. The zero-order valence-corrected chi connectivity index (χ0v) is 12.9. The molecule has 1 atom stereocenters. The second kappa shape index (κ2) is 5.81. The van der Waals surface area contributed by atoms with Crippen LogP contribution in [0.3, 0.4) is 0 Å². The van der Waals surface area contributed by atoms with Gasteiger partial charge in [0.25, 0.3) is 0 Å². The molecule has 0 heterocycles. The van der Waals surface area contributed by atoms with Crippen molar-refractivity contribution in [1.82, 2.24) is 4.72 Å². The molecule has 0 fully saturated rings. The molecule has 1 aromatic carbocycles. The van der Waals surface area contributed by atoms with Crippen LogP contribution in [0, 0.1) is 5.92 Å². The fourth-order valence-corrected chi connectivity index (χ4v) is 4.29. The van der Waals surface area contributed by atoms with Crippen molar-refractivity contribution in [3.05, 3.63) is 29.3 Å². The Bertz CT molecular complexity index is 555. The number of sulfonamides is 1. The largest absolute Gasteiger partial charge is 0.240 e. The molecular formula is C14H20ClNO2S. The van der Waals surface area contributed by atoms with Crippen LogP contribution in [-0.2, 0) is 22.9 Å². The Balaban J connectivity index is 2.24. The molecule has 5 heteroatoms. The first-order chi connectivity index (χ1) is 8.94. The van der Waals surface area contributed by atoms with Gasteiger partial charge in [-0.15, -0.1) is 11.6 Å². The Morgan fingerprint density at radius 2 is 1.95 bits per heavy atom. The number of hydrogen-bond acceptors (Lipinski definition) is 2. The maximum atomic E-state index is 12.3. The first kappa shape index (κ1) is 14.8. The van der Waals surface area contributed by atoms with Gasteiger partial charge in [-0.25, -0.2) is 13.1 Å². The van der Waals surface area contributed by atoms with E-state index < -0.39 is 10.0 Å². The smallest absolute Gasteiger partial charge is 0.207 e. The lowest BCUT2D eigenvalue weighted by Gasteiger charge is -2.20. The van der Waals surface area contributed by atoms with Gasteiger partial charge in [-0.1, -0.05) is 19.9 Å². The van der Waals surface area contributed by atoms with Crippen LogP contribution in [0.2, 0.25) is 0 Å². The van der Waals surface area contributed by atoms with Crippen LogP contribution < -0.4 is 4.72 Å². The summed E-state index contributed by atoms with van der Waals surface area (Å²) in [5.74, 6) is 0.448. The Morgan fingerprint density at radius 3 is 2.58 bits per heavy atom. The van der Waals surface area contributed by atoms with Crippen LogP contribution in [0.15, 0.2) is 23.1 Å². The van der Waals surface area contributed by atoms with E-state index in [0.717, 1.165) is 24.8 Å². The molecule has 0 saturated carbocycles. The Labute approximate surface area is 120 Å². The van der Waals surface area contributed by atoms with E-state index in [1.807, 2.05) is 19.9 Å². The van der Waals surface area contributed by atoms with Gasteiger partial charge in [-0.05, 0) is 48.4 Å². The van der Waals surface area contributed by atoms with Crippen LogP contribution in [0.5, 0.6) is 0 Å². The summed E-state index contributed by atoms with van der Waals surface area (Å²) < 4.78 is 27.4. The highest BCUT2D eigenvalue weighted by Crippen LogP contribution is 2.25. The van der Waals surface area contributed by atoms with E-state index in [-0.39, 0.29) is 17.8 Å². The summed E-state index contributed by atoms with van der Waals surface area (Å²) in [6.45, 7) is 3.91. The lowest BCUT2D eigenvalue weighted by Crippen LogP contribution is -2.39. The third kappa shape index (κ3) is 3.30. The maximum Gasteiger partial charge on any atom is 0.240 e. The molecule has 1 aromatic rings. The highest BCUT2D eigenvalue weighted by molar-refractivity contribution is 7.89. The zero-order valence-electron chi connectivity index (χ0n) is 11.3. The fraction of sp³-hybridized carbons (Fsp3) is 0.571. The average molecular weight is 302 g/mol. The molecule has 19 heavy (non-hydrogen) atoms. The van der Waals surface area contributed by atoms with Gasteiger partial charge in [0.15, 0.2) is 0 Å². The number of alkyl halides is 1. The van der Waals surface area contributed by atoms with Crippen molar-refractivity contribution >= 4 is 21.6 Å². The van der Waals surface area contributed by atoms with Gasteiger partial charge >= 0.3 is 0 Å². The number of aryl methyl sites for hydroxylation is 2. The van der Waals surface area contributed by atoms with Gasteiger partial charge < -0.3 is 0 Å². The summed E-state index contributed by atoms with van der Waals surface area (Å²) in [5, 5.41) is 0. The van der Waals surface area contributed by atoms with Crippen LogP contribution in [0.25, 0.3) is 0 Å². The van der Waals surface area contributed by atoms with Crippen molar-refractivity contribution < 1.29 is 8.42 Å². The summed E-state index contributed by atoms with van der Waals surface area (Å²) >= 11 is 5.82. The number of halogens is 1. The monoisotopic (exact) mass is 301 g/mol. The van der Waals surface area contributed by atoms with Gasteiger partial charge in [0.1, 0.15) is 0 Å². The second-order valence-corrected chi connectivity index (χ2v) is 7.43. The molecule has 1 unspecified atom stereocenters. The Kier molecular flexibility index (Phi) is 4.54. The highest BCUT2D eigenvalue weighted by atomic mass is 35.5. The van der Waals surface area contributed by atoms with E-state index in [9.17, 15) is 8.42 Å². The molecule has 0 amide bonds. The topological polar surface area (TPSA) is 46.2 Å². The molecule has 0 aromatic heterocycles. The van der Waals surface area contributed by atoms with Gasteiger partial charge in [0.2, 0.25) is 10.0 Å². The highest BCUT2D eigenvalue weighted by Gasteiger charge is 2.23. The SMILES string of the molecule is CC(C)C(CCl)NS(=O)(=O)c1ccc2c(c1)CCC2. The third-order valence-corrected chi connectivity index (χ3v) is 5.48. The number of hydrogen-bond donors (Lipinski definition) is 1. The first-order valence-corrected chi connectivity index (χ1v) is 8.66. The molecule has 0 saturated heterocycles. The molecular weight excluding hydrogens is 282 g/mol. The lowest BCUT2D eigenvalue weighted by atomic mass is 10.1. The van der Waals surface area contributed by atoms with Crippen molar-refractivity contribution in [1.29, 1.82) is 0 Å². The third-order valence-electron chi connectivity index (χ3n) is 3.66. The maximum absolute atomic E-state index is 12.3. The fourth-order valence-electron chi connectivity index (χ4n) is 2.33. The Hall–Kier alpha value is -0.580. The van der Waals surface area contributed by atoms with Crippen LogP contribution in [-0.4, -0.2) is 20.3 Å². The zero-order chi connectivity index (χ0) is 14.0. The number of fused-ring (bicyclic) bond motifs is 1. The van der Waals surface area contributed by atoms with Crippen molar-refractivity contribution in [3.8, 4) is 0 Å². The summed E-state index contributed by atoms with van der Waals surface area (Å²) in [7, 11) is -3.47. The summed E-state index contributed by atoms with van der Waals surface area (Å²) in [4.78, 5) is 0.351. The van der Waals surface area contributed by atoms with Crippen molar-refractivity contribution in [2.24, 2.45) is 5.92 Å². The van der Waals surface area contributed by atoms with Gasteiger partial charge in [-0.3, -0.25) is 0 Å². The average Bonchev–Trinajstić information content (AvgIpc) is 2.82. The van der Waals surface area contributed by atoms with Crippen molar-refractivity contribution in [2.75, 3.05) is 5.88 Å². The van der Waals surface area contributed by atoms with E-state index in [1.165, 1.54) is 5.56 Å². The summed E-state index contributed by atoms with van der Waals surface area (Å²) in [5.41, 5.74) is 2.44. The minimum atomic E-state index is -3.47. The molecule has 2 rings (SSSR count). The van der Waals surface area contributed by atoms with Gasteiger partial charge in [0.05, 0.1) is 4.90 Å². The molecule has 0 aliphatic heterocycles. The van der Waals surface area contributed by atoms with E-state index in [2.05, 4.69) is 4.72 Å². The van der Waals surface area contributed by atoms with E-state index >= 15 is 0 Å². The first-order valence-electron chi connectivity index (χ1n) is 6.64. The minimum absolute atomic E-state index is 0.168. The van der Waals surface area contributed by atoms with E-state index in [1.54, 1.807) is 12.1 Å². The molecule has 1 N–H and O–H groups in total. The van der Waals surface area contributed by atoms with Crippen molar-refractivity contribution in [2.45, 2.75) is 44.0 Å².